The van der Waals surface area contributed by atoms with E-state index in [9.17, 15) is 4.79 Å². The quantitative estimate of drug-likeness (QED) is 0.792. The third-order valence-corrected chi connectivity index (χ3v) is 6.80. The lowest BCUT2D eigenvalue weighted by atomic mass is 9.89. The minimum Gasteiger partial charge on any atom is -0.368 e. The van der Waals surface area contributed by atoms with E-state index in [1.54, 1.807) is 0 Å². The van der Waals surface area contributed by atoms with Gasteiger partial charge in [-0.3, -0.25) is 9.69 Å². The topological polar surface area (TPSA) is 32.8 Å². The molecule has 2 aromatic carbocycles. The van der Waals surface area contributed by atoms with E-state index in [0.29, 0.717) is 5.92 Å². The molecule has 2 aliphatic heterocycles. The van der Waals surface area contributed by atoms with Crippen molar-refractivity contribution in [2.45, 2.75) is 43.9 Å². The zero-order valence-corrected chi connectivity index (χ0v) is 17.0. The number of morpholine rings is 1. The third-order valence-electron chi connectivity index (χ3n) is 6.80. The molecule has 0 N–H and O–H groups in total. The van der Waals surface area contributed by atoms with Crippen LogP contribution in [-0.4, -0.2) is 53.6 Å². The summed E-state index contributed by atoms with van der Waals surface area (Å²) >= 11 is 0. The number of ether oxygens (including phenoxy) is 1. The Kier molecular flexibility index (Phi) is 5.15. The Balaban J connectivity index is 1.21. The molecular weight excluding hydrogens is 360 g/mol. The number of piperidine rings is 1. The van der Waals surface area contributed by atoms with Crippen molar-refractivity contribution < 1.29 is 9.53 Å². The van der Waals surface area contributed by atoms with E-state index in [1.807, 2.05) is 30.3 Å². The van der Waals surface area contributed by atoms with Gasteiger partial charge in [-0.1, -0.05) is 48.5 Å². The van der Waals surface area contributed by atoms with Gasteiger partial charge in [0.15, 0.2) is 0 Å². The Labute approximate surface area is 173 Å². The Morgan fingerprint density at radius 2 is 1.62 bits per heavy atom. The maximum atomic E-state index is 13.1. The summed E-state index contributed by atoms with van der Waals surface area (Å²) in [5, 5.41) is 0. The van der Waals surface area contributed by atoms with Gasteiger partial charge in [-0.2, -0.15) is 0 Å². The zero-order chi connectivity index (χ0) is 19.7. The molecular formula is C25H30N2O2. The maximum absolute atomic E-state index is 13.1. The normalized spacial score (nSPS) is 24.6. The second kappa shape index (κ2) is 7.92. The Morgan fingerprint density at radius 1 is 0.966 bits per heavy atom. The first-order valence-corrected chi connectivity index (χ1v) is 11.0. The second-order valence-corrected chi connectivity index (χ2v) is 8.99. The van der Waals surface area contributed by atoms with Crippen LogP contribution in [0, 0.1) is 5.92 Å². The zero-order valence-electron chi connectivity index (χ0n) is 17.0. The number of carbonyl (C=O) groups excluding carboxylic acids is 1. The molecule has 152 valence electrons. The van der Waals surface area contributed by atoms with E-state index in [1.165, 1.54) is 5.56 Å². The van der Waals surface area contributed by atoms with Crippen LogP contribution in [0.4, 0.5) is 0 Å². The first kappa shape index (κ1) is 18.8. The van der Waals surface area contributed by atoms with E-state index >= 15 is 0 Å². The number of carbonyl (C=O) groups is 1. The molecule has 1 atom stereocenters. The van der Waals surface area contributed by atoms with Gasteiger partial charge in [0.05, 0.1) is 18.2 Å². The Hall–Kier alpha value is -2.17. The van der Waals surface area contributed by atoms with Gasteiger partial charge >= 0.3 is 0 Å². The van der Waals surface area contributed by atoms with Crippen molar-refractivity contribution in [3.05, 3.63) is 71.8 Å². The molecule has 2 saturated heterocycles. The highest BCUT2D eigenvalue weighted by Gasteiger charge is 2.52. The molecule has 1 spiro atoms. The lowest BCUT2D eigenvalue weighted by Gasteiger charge is -2.44. The monoisotopic (exact) mass is 390 g/mol. The fraction of sp³-hybridized carbons (Fsp3) is 0.480. The highest BCUT2D eigenvalue weighted by atomic mass is 16.5. The van der Waals surface area contributed by atoms with Crippen LogP contribution in [-0.2, 0) is 11.3 Å². The second-order valence-electron chi connectivity index (χ2n) is 8.99. The van der Waals surface area contributed by atoms with Crippen molar-refractivity contribution in [2.24, 2.45) is 5.92 Å². The SMILES string of the molecule is O=C(c1ccccc1)N1CC(C2CCN(Cc3ccccc3)CC2)OC2(CC2)C1. The maximum Gasteiger partial charge on any atom is 0.254 e. The van der Waals surface area contributed by atoms with Crippen molar-refractivity contribution in [3.63, 3.8) is 0 Å². The molecule has 1 unspecified atom stereocenters. The lowest BCUT2D eigenvalue weighted by molar-refractivity contribution is -0.121. The van der Waals surface area contributed by atoms with Crippen molar-refractivity contribution in [1.29, 1.82) is 0 Å². The summed E-state index contributed by atoms with van der Waals surface area (Å²) in [5.74, 6) is 0.706. The molecule has 29 heavy (non-hydrogen) atoms. The third kappa shape index (κ3) is 4.24. The van der Waals surface area contributed by atoms with Crippen LogP contribution in [0.2, 0.25) is 0 Å². The van der Waals surface area contributed by atoms with E-state index in [-0.39, 0.29) is 17.6 Å². The number of amides is 1. The van der Waals surface area contributed by atoms with Crippen molar-refractivity contribution in [1.82, 2.24) is 9.80 Å². The van der Waals surface area contributed by atoms with Crippen LogP contribution in [0.25, 0.3) is 0 Å². The first-order valence-electron chi connectivity index (χ1n) is 11.0. The van der Waals surface area contributed by atoms with Gasteiger partial charge in [-0.05, 0) is 62.4 Å². The average molecular weight is 391 g/mol. The molecule has 2 aromatic rings. The van der Waals surface area contributed by atoms with Crippen molar-refractivity contribution >= 4 is 5.91 Å². The fourth-order valence-corrected chi connectivity index (χ4v) is 4.93. The molecule has 5 rings (SSSR count). The van der Waals surface area contributed by atoms with E-state index < -0.39 is 0 Å². The summed E-state index contributed by atoms with van der Waals surface area (Å²) in [6.07, 6.45) is 4.67. The van der Waals surface area contributed by atoms with E-state index in [4.69, 9.17) is 4.74 Å². The molecule has 4 heteroatoms. The summed E-state index contributed by atoms with van der Waals surface area (Å²) in [6, 6.07) is 20.4. The fourth-order valence-electron chi connectivity index (χ4n) is 4.93. The Morgan fingerprint density at radius 3 is 2.28 bits per heavy atom. The van der Waals surface area contributed by atoms with Gasteiger partial charge < -0.3 is 9.64 Å². The highest BCUT2D eigenvalue weighted by Crippen LogP contribution is 2.46. The van der Waals surface area contributed by atoms with Gasteiger partial charge in [-0.25, -0.2) is 0 Å². The molecule has 0 radical (unpaired) electrons. The van der Waals surface area contributed by atoms with Gasteiger partial charge in [0.2, 0.25) is 0 Å². The molecule has 2 heterocycles. The van der Waals surface area contributed by atoms with Crippen LogP contribution in [0.1, 0.15) is 41.6 Å². The van der Waals surface area contributed by atoms with Gasteiger partial charge in [0.1, 0.15) is 0 Å². The number of hydrogen-bond donors (Lipinski definition) is 0. The van der Waals surface area contributed by atoms with Crippen LogP contribution in [0.3, 0.4) is 0 Å². The number of rotatable bonds is 4. The van der Waals surface area contributed by atoms with Crippen LogP contribution in [0.5, 0.6) is 0 Å². The molecule has 0 aromatic heterocycles. The number of likely N-dealkylation sites (tertiary alicyclic amines) is 1. The summed E-state index contributed by atoms with van der Waals surface area (Å²) in [7, 11) is 0. The van der Waals surface area contributed by atoms with Crippen molar-refractivity contribution in [3.8, 4) is 0 Å². The first-order chi connectivity index (χ1) is 14.2. The summed E-state index contributed by atoms with van der Waals surface area (Å²) in [6.45, 7) is 4.74. The van der Waals surface area contributed by atoms with Crippen molar-refractivity contribution in [2.75, 3.05) is 26.2 Å². The predicted molar refractivity (Wildman–Crippen MR) is 114 cm³/mol. The number of nitrogens with zero attached hydrogens (tertiary/aromatic N) is 2. The molecule has 1 saturated carbocycles. The Bertz CT molecular complexity index is 826. The van der Waals surface area contributed by atoms with Gasteiger partial charge in [0.25, 0.3) is 5.91 Å². The molecule has 3 fully saturated rings. The average Bonchev–Trinajstić information content (AvgIpc) is 3.52. The largest absolute Gasteiger partial charge is 0.368 e. The van der Waals surface area contributed by atoms with Gasteiger partial charge in [0, 0.05) is 18.7 Å². The molecule has 3 aliphatic rings. The standard InChI is InChI=1S/C25H30N2O2/c28-24(22-9-5-2-6-10-22)27-18-23(29-25(19-27)13-14-25)21-11-15-26(16-12-21)17-20-7-3-1-4-8-20/h1-10,21,23H,11-19H2. The summed E-state index contributed by atoms with van der Waals surface area (Å²) in [5.41, 5.74) is 2.12. The summed E-state index contributed by atoms with van der Waals surface area (Å²) < 4.78 is 6.58. The van der Waals surface area contributed by atoms with E-state index in [0.717, 1.165) is 64.0 Å². The number of benzene rings is 2. The lowest BCUT2D eigenvalue weighted by Crippen LogP contribution is -2.54. The van der Waals surface area contributed by atoms with Crippen LogP contribution >= 0.6 is 0 Å². The van der Waals surface area contributed by atoms with Gasteiger partial charge in [-0.15, -0.1) is 0 Å². The van der Waals surface area contributed by atoms with E-state index in [2.05, 4.69) is 40.1 Å². The minimum atomic E-state index is -0.0610. The summed E-state index contributed by atoms with van der Waals surface area (Å²) in [4.78, 5) is 17.7. The molecule has 0 bridgehead atoms. The smallest absolute Gasteiger partial charge is 0.254 e. The number of hydrogen-bond acceptors (Lipinski definition) is 3. The van der Waals surface area contributed by atoms with Crippen LogP contribution < -0.4 is 0 Å². The minimum absolute atomic E-state index is 0.0610. The highest BCUT2D eigenvalue weighted by molar-refractivity contribution is 5.94. The van der Waals surface area contributed by atoms with Crippen LogP contribution in [0.15, 0.2) is 60.7 Å². The predicted octanol–water partition coefficient (Wildman–Crippen LogP) is 3.97. The molecule has 4 nitrogen and oxygen atoms in total. The molecule has 1 aliphatic carbocycles. The molecule has 1 amide bonds.